The highest BCUT2D eigenvalue weighted by molar-refractivity contribution is 6.02. The van der Waals surface area contributed by atoms with E-state index in [0.717, 1.165) is 19.4 Å². The van der Waals surface area contributed by atoms with Crippen molar-refractivity contribution in [1.82, 2.24) is 4.90 Å². The van der Waals surface area contributed by atoms with Crippen LogP contribution in [0.15, 0.2) is 0 Å². The van der Waals surface area contributed by atoms with Crippen LogP contribution >= 0.6 is 0 Å². The lowest BCUT2D eigenvalue weighted by Crippen LogP contribution is -2.20. The minimum Gasteiger partial charge on any atom is -0.326 e. The molecule has 0 radical (unpaired) electrons. The molecule has 1 rings (SSSR count). The Morgan fingerprint density at radius 2 is 2.00 bits per heavy atom. The van der Waals surface area contributed by atoms with Gasteiger partial charge in [0.2, 0.25) is 5.91 Å². The van der Waals surface area contributed by atoms with Crippen molar-refractivity contribution >= 4 is 5.91 Å². The monoisotopic (exact) mass is 197 g/mol. The largest absolute Gasteiger partial charge is 0.326 e. The Labute approximate surface area is 87.7 Å². The highest BCUT2D eigenvalue weighted by Crippen LogP contribution is 2.42. The molecule has 1 unspecified atom stereocenters. The highest BCUT2D eigenvalue weighted by Gasteiger charge is 2.59. The van der Waals surface area contributed by atoms with Crippen molar-refractivity contribution in [2.45, 2.75) is 58.9 Å². The second-order valence-corrected chi connectivity index (χ2v) is 4.80. The van der Waals surface area contributed by atoms with Gasteiger partial charge in [-0.1, -0.05) is 40.5 Å². The summed E-state index contributed by atoms with van der Waals surface area (Å²) in [5, 5.41) is 0. The molecule has 1 aliphatic heterocycles. The quantitative estimate of drug-likeness (QED) is 0.599. The Balaban J connectivity index is 2.51. The summed E-state index contributed by atoms with van der Waals surface area (Å²) in [6.45, 7) is 9.60. The van der Waals surface area contributed by atoms with Gasteiger partial charge in [0, 0.05) is 6.54 Å². The SMILES string of the molecule is CCCCC1(CC)C(=O)N1CC(C)C. The van der Waals surface area contributed by atoms with Crippen LogP contribution in [0.2, 0.25) is 0 Å². The number of carbonyl (C=O) groups is 1. The fourth-order valence-electron chi connectivity index (χ4n) is 2.20. The summed E-state index contributed by atoms with van der Waals surface area (Å²) in [6.07, 6.45) is 4.41. The molecule has 0 spiro atoms. The van der Waals surface area contributed by atoms with E-state index in [4.69, 9.17) is 0 Å². The zero-order chi connectivity index (χ0) is 10.8. The molecular formula is C12H23NO. The molecule has 0 N–H and O–H groups in total. The second kappa shape index (κ2) is 4.33. The van der Waals surface area contributed by atoms with Crippen LogP contribution in [-0.4, -0.2) is 22.9 Å². The predicted molar refractivity (Wildman–Crippen MR) is 59.1 cm³/mol. The van der Waals surface area contributed by atoms with Gasteiger partial charge < -0.3 is 4.90 Å². The van der Waals surface area contributed by atoms with E-state index >= 15 is 0 Å². The van der Waals surface area contributed by atoms with Crippen LogP contribution in [0.25, 0.3) is 0 Å². The summed E-state index contributed by atoms with van der Waals surface area (Å²) >= 11 is 0. The van der Waals surface area contributed by atoms with Crippen molar-refractivity contribution < 1.29 is 4.79 Å². The maximum Gasteiger partial charge on any atom is 0.249 e. The molecule has 82 valence electrons. The molecule has 0 saturated carbocycles. The van der Waals surface area contributed by atoms with E-state index in [-0.39, 0.29) is 5.54 Å². The Morgan fingerprint density at radius 3 is 2.43 bits per heavy atom. The molecule has 0 aromatic rings. The second-order valence-electron chi connectivity index (χ2n) is 4.80. The van der Waals surface area contributed by atoms with Gasteiger partial charge in [-0.05, 0) is 18.8 Å². The number of rotatable bonds is 6. The Kier molecular flexibility index (Phi) is 3.57. The number of hydrogen-bond donors (Lipinski definition) is 0. The van der Waals surface area contributed by atoms with Gasteiger partial charge in [-0.3, -0.25) is 4.79 Å². The van der Waals surface area contributed by atoms with Gasteiger partial charge in [-0.15, -0.1) is 0 Å². The fourth-order valence-corrected chi connectivity index (χ4v) is 2.20. The molecule has 1 saturated heterocycles. The standard InChI is InChI=1S/C12H23NO/c1-5-7-8-12(6-2)11(14)13(12)9-10(3)4/h10H,5-9H2,1-4H3. The molecule has 0 bridgehead atoms. The summed E-state index contributed by atoms with van der Waals surface area (Å²) < 4.78 is 0. The number of hydrogen-bond acceptors (Lipinski definition) is 1. The van der Waals surface area contributed by atoms with Crippen molar-refractivity contribution in [2.75, 3.05) is 6.54 Å². The third kappa shape index (κ3) is 1.94. The predicted octanol–water partition coefficient (Wildman–Crippen LogP) is 2.82. The van der Waals surface area contributed by atoms with Gasteiger partial charge >= 0.3 is 0 Å². The lowest BCUT2D eigenvalue weighted by molar-refractivity contribution is -0.114. The van der Waals surface area contributed by atoms with Gasteiger partial charge in [0.05, 0.1) is 0 Å². The van der Waals surface area contributed by atoms with Gasteiger partial charge in [0.1, 0.15) is 5.54 Å². The van der Waals surface area contributed by atoms with Gasteiger partial charge in [-0.2, -0.15) is 0 Å². The highest BCUT2D eigenvalue weighted by atomic mass is 16.2. The van der Waals surface area contributed by atoms with Crippen LogP contribution in [0.1, 0.15) is 53.4 Å². The van der Waals surface area contributed by atoms with E-state index in [1.807, 2.05) is 0 Å². The average Bonchev–Trinajstić information content (AvgIpc) is 2.68. The topological polar surface area (TPSA) is 20.1 Å². The molecule has 1 aliphatic rings. The van der Waals surface area contributed by atoms with Crippen LogP contribution in [0.4, 0.5) is 0 Å². The zero-order valence-electron chi connectivity index (χ0n) is 9.97. The lowest BCUT2D eigenvalue weighted by Gasteiger charge is -2.14. The van der Waals surface area contributed by atoms with Crippen molar-refractivity contribution in [3.63, 3.8) is 0 Å². The number of unbranched alkanes of at least 4 members (excludes halogenated alkanes) is 1. The number of nitrogens with zero attached hydrogens (tertiary/aromatic N) is 1. The Bertz CT molecular complexity index is 212. The van der Waals surface area contributed by atoms with E-state index in [2.05, 4.69) is 32.6 Å². The van der Waals surface area contributed by atoms with Crippen LogP contribution < -0.4 is 0 Å². The molecule has 0 aliphatic carbocycles. The summed E-state index contributed by atoms with van der Waals surface area (Å²) in [6, 6.07) is 0. The number of amides is 1. The molecule has 1 fully saturated rings. The molecule has 1 heterocycles. The zero-order valence-corrected chi connectivity index (χ0v) is 9.97. The van der Waals surface area contributed by atoms with Crippen molar-refractivity contribution in [3.05, 3.63) is 0 Å². The van der Waals surface area contributed by atoms with Crippen molar-refractivity contribution in [2.24, 2.45) is 5.92 Å². The van der Waals surface area contributed by atoms with Gasteiger partial charge in [0.25, 0.3) is 0 Å². The third-order valence-corrected chi connectivity index (χ3v) is 3.19. The fraction of sp³-hybridized carbons (Fsp3) is 0.917. The summed E-state index contributed by atoms with van der Waals surface area (Å²) in [7, 11) is 0. The first-order valence-corrected chi connectivity index (χ1v) is 5.90. The van der Waals surface area contributed by atoms with Crippen LogP contribution in [0.5, 0.6) is 0 Å². The molecular weight excluding hydrogens is 174 g/mol. The van der Waals surface area contributed by atoms with Gasteiger partial charge in [0.15, 0.2) is 0 Å². The third-order valence-electron chi connectivity index (χ3n) is 3.19. The lowest BCUT2D eigenvalue weighted by atomic mass is 9.98. The summed E-state index contributed by atoms with van der Waals surface area (Å²) in [5.74, 6) is 0.983. The Morgan fingerprint density at radius 1 is 1.36 bits per heavy atom. The smallest absolute Gasteiger partial charge is 0.249 e. The van der Waals surface area contributed by atoms with E-state index in [1.54, 1.807) is 0 Å². The first kappa shape index (κ1) is 11.5. The maximum atomic E-state index is 11.7. The normalized spacial score (nSPS) is 26.1. The minimum absolute atomic E-state index is 0.0553. The Hall–Kier alpha value is -0.530. The van der Waals surface area contributed by atoms with Crippen molar-refractivity contribution in [3.8, 4) is 0 Å². The van der Waals surface area contributed by atoms with Crippen LogP contribution in [-0.2, 0) is 4.79 Å². The molecule has 2 nitrogen and oxygen atoms in total. The van der Waals surface area contributed by atoms with E-state index in [0.29, 0.717) is 11.8 Å². The van der Waals surface area contributed by atoms with E-state index in [1.165, 1.54) is 12.8 Å². The van der Waals surface area contributed by atoms with E-state index < -0.39 is 0 Å². The van der Waals surface area contributed by atoms with Gasteiger partial charge in [-0.25, -0.2) is 0 Å². The van der Waals surface area contributed by atoms with Crippen LogP contribution in [0.3, 0.4) is 0 Å². The molecule has 2 heteroatoms. The molecule has 0 aromatic carbocycles. The summed E-state index contributed by atoms with van der Waals surface area (Å²) in [4.78, 5) is 13.8. The minimum atomic E-state index is -0.0553. The first-order valence-electron chi connectivity index (χ1n) is 5.90. The first-order chi connectivity index (χ1) is 6.58. The average molecular weight is 197 g/mol. The molecule has 0 aromatic heterocycles. The van der Waals surface area contributed by atoms with Crippen molar-refractivity contribution in [1.29, 1.82) is 0 Å². The molecule has 14 heavy (non-hydrogen) atoms. The molecule has 1 atom stereocenters. The van der Waals surface area contributed by atoms with E-state index in [9.17, 15) is 4.79 Å². The maximum absolute atomic E-state index is 11.7. The summed E-state index contributed by atoms with van der Waals surface area (Å²) in [5.41, 5.74) is -0.0553. The molecule has 1 amide bonds. The van der Waals surface area contributed by atoms with Crippen LogP contribution in [0, 0.1) is 5.92 Å². The number of carbonyl (C=O) groups excluding carboxylic acids is 1.